The smallest absolute Gasteiger partial charge is 0.0664 e. The zero-order chi connectivity index (χ0) is 14.4. The van der Waals surface area contributed by atoms with Crippen LogP contribution in [0.25, 0.3) is 5.03 Å². The van der Waals surface area contributed by atoms with E-state index < -0.39 is 0 Å². The van der Waals surface area contributed by atoms with Crippen molar-refractivity contribution in [3.8, 4) is 0 Å². The standard InChI is InChI=1S/C16H13Cl2NS/c1-19-11-16(18)15-8-7-14(9-12(15)10-17)20-13-5-3-2-4-6-13/h2-9,11H,1,10H2/b16-11-. The van der Waals surface area contributed by atoms with E-state index in [4.69, 9.17) is 23.2 Å². The molecule has 1 nitrogen and oxygen atoms in total. The molecule has 102 valence electrons. The van der Waals surface area contributed by atoms with Gasteiger partial charge in [0.2, 0.25) is 0 Å². The molecule has 0 aliphatic heterocycles. The Balaban J connectivity index is 2.30. The Morgan fingerprint density at radius 2 is 1.90 bits per heavy atom. The van der Waals surface area contributed by atoms with Crippen molar-refractivity contribution in [1.82, 2.24) is 0 Å². The molecule has 2 aromatic rings. The van der Waals surface area contributed by atoms with Crippen LogP contribution < -0.4 is 0 Å². The first kappa shape index (κ1) is 15.2. The van der Waals surface area contributed by atoms with Gasteiger partial charge in [0.15, 0.2) is 0 Å². The molecule has 0 aromatic heterocycles. The van der Waals surface area contributed by atoms with Crippen molar-refractivity contribution in [2.24, 2.45) is 4.99 Å². The van der Waals surface area contributed by atoms with Crippen molar-refractivity contribution < 1.29 is 0 Å². The van der Waals surface area contributed by atoms with Gasteiger partial charge in [0.05, 0.1) is 5.03 Å². The van der Waals surface area contributed by atoms with Crippen LogP contribution in [0.15, 0.2) is 69.5 Å². The molecule has 2 rings (SSSR count). The average molecular weight is 322 g/mol. The second-order valence-corrected chi connectivity index (χ2v) is 5.85. The fourth-order valence-electron chi connectivity index (χ4n) is 1.75. The summed E-state index contributed by atoms with van der Waals surface area (Å²) in [6.07, 6.45) is 1.52. The summed E-state index contributed by atoms with van der Waals surface area (Å²) in [5.74, 6) is 0.403. The normalized spacial score (nSPS) is 11.4. The van der Waals surface area contributed by atoms with Crippen LogP contribution in [-0.4, -0.2) is 6.72 Å². The number of hydrogen-bond donors (Lipinski definition) is 0. The van der Waals surface area contributed by atoms with E-state index in [2.05, 4.69) is 29.9 Å². The predicted octanol–water partition coefficient (Wildman–Crippen LogP) is 5.81. The van der Waals surface area contributed by atoms with Crippen molar-refractivity contribution in [2.75, 3.05) is 0 Å². The predicted molar refractivity (Wildman–Crippen MR) is 89.9 cm³/mol. The molecule has 0 saturated heterocycles. The highest BCUT2D eigenvalue weighted by molar-refractivity contribution is 7.99. The van der Waals surface area contributed by atoms with E-state index in [1.54, 1.807) is 11.8 Å². The van der Waals surface area contributed by atoms with Crippen LogP contribution >= 0.6 is 35.0 Å². The minimum atomic E-state index is 0.403. The lowest BCUT2D eigenvalue weighted by Crippen LogP contribution is -1.88. The van der Waals surface area contributed by atoms with Crippen molar-refractivity contribution in [1.29, 1.82) is 0 Å². The Hall–Kier alpha value is -1.22. The maximum Gasteiger partial charge on any atom is 0.0664 e. The third-order valence-corrected chi connectivity index (χ3v) is 4.25. The summed E-state index contributed by atoms with van der Waals surface area (Å²) in [7, 11) is 0. The van der Waals surface area contributed by atoms with Crippen molar-refractivity contribution in [3.05, 3.63) is 65.9 Å². The third-order valence-electron chi connectivity index (χ3n) is 2.66. The van der Waals surface area contributed by atoms with E-state index in [0.717, 1.165) is 16.0 Å². The molecular formula is C16H13Cl2NS. The maximum absolute atomic E-state index is 6.16. The van der Waals surface area contributed by atoms with E-state index in [1.807, 2.05) is 30.3 Å². The number of halogens is 2. The highest BCUT2D eigenvalue weighted by atomic mass is 35.5. The van der Waals surface area contributed by atoms with Gasteiger partial charge in [0.25, 0.3) is 0 Å². The number of benzene rings is 2. The molecule has 0 fully saturated rings. The fraction of sp³-hybridized carbons (Fsp3) is 0.0625. The lowest BCUT2D eigenvalue weighted by molar-refractivity contribution is 1.29. The monoisotopic (exact) mass is 321 g/mol. The van der Waals surface area contributed by atoms with Crippen LogP contribution in [0.4, 0.5) is 0 Å². The second kappa shape index (κ2) is 7.53. The Kier molecular flexibility index (Phi) is 5.72. The van der Waals surface area contributed by atoms with Gasteiger partial charge >= 0.3 is 0 Å². The van der Waals surface area contributed by atoms with Gasteiger partial charge in [-0.25, -0.2) is 0 Å². The SMILES string of the molecule is C=N/C=C(\Cl)c1ccc(Sc2ccccc2)cc1CCl. The molecule has 0 bridgehead atoms. The first-order chi connectivity index (χ1) is 9.74. The van der Waals surface area contributed by atoms with Crippen LogP contribution in [0.2, 0.25) is 0 Å². The number of alkyl halides is 1. The van der Waals surface area contributed by atoms with Crippen LogP contribution in [0.1, 0.15) is 11.1 Å². The topological polar surface area (TPSA) is 12.4 Å². The molecule has 0 saturated carbocycles. The lowest BCUT2D eigenvalue weighted by atomic mass is 10.1. The summed E-state index contributed by atoms with van der Waals surface area (Å²) < 4.78 is 0. The van der Waals surface area contributed by atoms with Gasteiger partial charge in [-0.3, -0.25) is 4.99 Å². The molecule has 0 unspecified atom stereocenters. The van der Waals surface area contributed by atoms with Crippen molar-refractivity contribution in [2.45, 2.75) is 15.7 Å². The van der Waals surface area contributed by atoms with Crippen LogP contribution in [0.5, 0.6) is 0 Å². The molecule has 0 heterocycles. The summed E-state index contributed by atoms with van der Waals surface area (Å²) >= 11 is 13.9. The highest BCUT2D eigenvalue weighted by Gasteiger charge is 2.07. The molecule has 0 aliphatic carbocycles. The van der Waals surface area contributed by atoms with Gasteiger partial charge in [-0.2, -0.15) is 0 Å². The van der Waals surface area contributed by atoms with E-state index in [0.29, 0.717) is 10.9 Å². The van der Waals surface area contributed by atoms with Gasteiger partial charge in [-0.1, -0.05) is 47.6 Å². The Morgan fingerprint density at radius 1 is 1.15 bits per heavy atom. The maximum atomic E-state index is 6.16. The van der Waals surface area contributed by atoms with Crippen LogP contribution in [0, 0.1) is 0 Å². The van der Waals surface area contributed by atoms with Crippen LogP contribution in [-0.2, 0) is 5.88 Å². The Bertz CT molecular complexity index is 624. The summed E-state index contributed by atoms with van der Waals surface area (Å²) in [6, 6.07) is 16.3. The van der Waals surface area contributed by atoms with Gasteiger partial charge < -0.3 is 0 Å². The molecule has 0 radical (unpaired) electrons. The number of aliphatic imine (C=N–C) groups is 1. The zero-order valence-electron chi connectivity index (χ0n) is 10.7. The Morgan fingerprint density at radius 3 is 2.55 bits per heavy atom. The van der Waals surface area contributed by atoms with Crippen molar-refractivity contribution in [3.63, 3.8) is 0 Å². The van der Waals surface area contributed by atoms with E-state index in [1.165, 1.54) is 11.1 Å². The molecule has 4 heteroatoms. The third kappa shape index (κ3) is 3.89. The summed E-state index contributed by atoms with van der Waals surface area (Å²) in [6.45, 7) is 3.41. The number of rotatable bonds is 5. The van der Waals surface area contributed by atoms with Gasteiger partial charge in [0.1, 0.15) is 0 Å². The Labute approximate surface area is 133 Å². The molecule has 0 atom stereocenters. The van der Waals surface area contributed by atoms with Gasteiger partial charge in [-0.05, 0) is 42.1 Å². The summed E-state index contributed by atoms with van der Waals surface area (Å²) in [4.78, 5) is 6.01. The molecule has 0 amide bonds. The van der Waals surface area contributed by atoms with E-state index in [-0.39, 0.29) is 0 Å². The second-order valence-electron chi connectivity index (χ2n) is 4.03. The first-order valence-corrected chi connectivity index (χ1v) is 7.71. The molecule has 2 aromatic carbocycles. The van der Waals surface area contributed by atoms with E-state index >= 15 is 0 Å². The number of hydrogen-bond acceptors (Lipinski definition) is 2. The molecule has 0 N–H and O–H groups in total. The number of nitrogens with zero attached hydrogens (tertiary/aromatic N) is 1. The molecule has 0 aliphatic rings. The van der Waals surface area contributed by atoms with Gasteiger partial charge in [-0.15, -0.1) is 11.6 Å². The minimum Gasteiger partial charge on any atom is -0.271 e. The molecule has 0 spiro atoms. The highest BCUT2D eigenvalue weighted by Crippen LogP contribution is 2.32. The van der Waals surface area contributed by atoms with Crippen molar-refractivity contribution >= 4 is 46.7 Å². The lowest BCUT2D eigenvalue weighted by Gasteiger charge is -2.09. The first-order valence-electron chi connectivity index (χ1n) is 5.98. The zero-order valence-corrected chi connectivity index (χ0v) is 13.1. The fourth-order valence-corrected chi connectivity index (χ4v) is 3.13. The quantitative estimate of drug-likeness (QED) is 0.499. The summed E-state index contributed by atoms with van der Waals surface area (Å²) in [5.41, 5.74) is 1.88. The molecule has 20 heavy (non-hydrogen) atoms. The van der Waals surface area contributed by atoms with Gasteiger partial charge in [0, 0.05) is 21.9 Å². The molecular weight excluding hydrogens is 309 g/mol. The largest absolute Gasteiger partial charge is 0.271 e. The summed E-state index contributed by atoms with van der Waals surface area (Å²) in [5, 5.41) is 0.548. The van der Waals surface area contributed by atoms with E-state index in [9.17, 15) is 0 Å². The van der Waals surface area contributed by atoms with Crippen LogP contribution in [0.3, 0.4) is 0 Å². The minimum absolute atomic E-state index is 0.403. The average Bonchev–Trinajstić information content (AvgIpc) is 2.48.